The number of hydrogen-bond donors (Lipinski definition) is 0. The highest BCUT2D eigenvalue weighted by Gasteiger charge is 2.24. The van der Waals surface area contributed by atoms with Crippen molar-refractivity contribution in [2.24, 2.45) is 0 Å². The molecule has 172 valence electrons. The Morgan fingerprint density at radius 2 is 1.65 bits per heavy atom. The molecule has 3 aromatic carbocycles. The average Bonchev–Trinajstić information content (AvgIpc) is 2.87. The van der Waals surface area contributed by atoms with Gasteiger partial charge < -0.3 is 14.4 Å². The summed E-state index contributed by atoms with van der Waals surface area (Å²) >= 11 is 0. The van der Waals surface area contributed by atoms with Crippen LogP contribution in [-0.2, 0) is 6.54 Å². The topological polar surface area (TPSA) is 58.4 Å². The Morgan fingerprint density at radius 1 is 0.941 bits per heavy atom. The van der Waals surface area contributed by atoms with Gasteiger partial charge in [0.1, 0.15) is 11.5 Å². The van der Waals surface area contributed by atoms with Gasteiger partial charge in [-0.1, -0.05) is 42.5 Å². The molecule has 7 heteroatoms. The fraction of sp³-hybridized carbons (Fsp3) is 0.222. The van der Waals surface area contributed by atoms with E-state index in [0.29, 0.717) is 60.7 Å². The highest BCUT2D eigenvalue weighted by atomic mass is 19.1. The van der Waals surface area contributed by atoms with Crippen molar-refractivity contribution in [2.45, 2.75) is 13.5 Å². The minimum absolute atomic E-state index is 0.0876. The first-order chi connectivity index (χ1) is 16.5. The van der Waals surface area contributed by atoms with Crippen molar-refractivity contribution in [3.63, 3.8) is 0 Å². The SMILES string of the molecule is Cc1nc2cc(C(=O)N3CCN(c4ccccc4F)CC3)ccc2n(Cc2ccccc2)c1=O. The second-order valence-corrected chi connectivity index (χ2v) is 8.51. The number of rotatable bonds is 4. The lowest BCUT2D eigenvalue weighted by atomic mass is 10.1. The Labute approximate surface area is 196 Å². The highest BCUT2D eigenvalue weighted by molar-refractivity contribution is 5.97. The molecule has 0 unspecified atom stereocenters. The van der Waals surface area contributed by atoms with E-state index in [1.807, 2.05) is 41.3 Å². The molecule has 0 N–H and O–H groups in total. The summed E-state index contributed by atoms with van der Waals surface area (Å²) in [7, 11) is 0. The van der Waals surface area contributed by atoms with Crippen LogP contribution in [0.15, 0.2) is 77.6 Å². The van der Waals surface area contributed by atoms with Gasteiger partial charge >= 0.3 is 0 Å². The van der Waals surface area contributed by atoms with Crippen molar-refractivity contribution in [3.05, 3.63) is 106 Å². The van der Waals surface area contributed by atoms with Crippen molar-refractivity contribution in [1.82, 2.24) is 14.5 Å². The van der Waals surface area contributed by atoms with Crippen LogP contribution in [0.3, 0.4) is 0 Å². The first-order valence-corrected chi connectivity index (χ1v) is 11.3. The van der Waals surface area contributed by atoms with E-state index in [-0.39, 0.29) is 17.3 Å². The summed E-state index contributed by atoms with van der Waals surface area (Å²) < 4.78 is 15.8. The fourth-order valence-corrected chi connectivity index (χ4v) is 4.47. The predicted molar refractivity (Wildman–Crippen MR) is 131 cm³/mol. The number of nitrogens with zero attached hydrogens (tertiary/aromatic N) is 4. The van der Waals surface area contributed by atoms with Gasteiger partial charge in [-0.15, -0.1) is 0 Å². The molecule has 0 atom stereocenters. The number of anilines is 1. The van der Waals surface area contributed by atoms with Crippen molar-refractivity contribution >= 4 is 22.6 Å². The van der Waals surface area contributed by atoms with Gasteiger partial charge in [0, 0.05) is 31.7 Å². The van der Waals surface area contributed by atoms with Crippen LogP contribution in [0.5, 0.6) is 0 Å². The minimum Gasteiger partial charge on any atom is -0.366 e. The van der Waals surface area contributed by atoms with Gasteiger partial charge in [0.05, 0.1) is 23.3 Å². The molecule has 0 radical (unpaired) electrons. The number of para-hydroxylation sites is 1. The van der Waals surface area contributed by atoms with E-state index in [0.717, 1.165) is 5.56 Å². The molecule has 1 aliphatic rings. The third-order valence-electron chi connectivity index (χ3n) is 6.30. The summed E-state index contributed by atoms with van der Waals surface area (Å²) in [6, 6.07) is 21.8. The van der Waals surface area contributed by atoms with Gasteiger partial charge in [-0.2, -0.15) is 0 Å². The number of piperazine rings is 1. The number of aryl methyl sites for hydroxylation is 1. The third-order valence-corrected chi connectivity index (χ3v) is 6.30. The lowest BCUT2D eigenvalue weighted by molar-refractivity contribution is 0.0747. The molecule has 0 aliphatic carbocycles. The third kappa shape index (κ3) is 4.17. The van der Waals surface area contributed by atoms with Gasteiger partial charge in [-0.25, -0.2) is 9.37 Å². The smallest absolute Gasteiger partial charge is 0.272 e. The highest BCUT2D eigenvalue weighted by Crippen LogP contribution is 2.22. The summed E-state index contributed by atoms with van der Waals surface area (Å²) in [4.78, 5) is 34.3. The van der Waals surface area contributed by atoms with Crippen molar-refractivity contribution in [2.75, 3.05) is 31.1 Å². The van der Waals surface area contributed by atoms with Crippen molar-refractivity contribution < 1.29 is 9.18 Å². The second-order valence-electron chi connectivity index (χ2n) is 8.51. The normalized spacial score (nSPS) is 13.9. The van der Waals surface area contributed by atoms with Crippen LogP contribution >= 0.6 is 0 Å². The Morgan fingerprint density at radius 3 is 2.38 bits per heavy atom. The zero-order valence-corrected chi connectivity index (χ0v) is 18.9. The fourth-order valence-electron chi connectivity index (χ4n) is 4.47. The first kappa shape index (κ1) is 21.8. The van der Waals surface area contributed by atoms with Gasteiger partial charge in [-0.3, -0.25) is 9.59 Å². The molecule has 6 nitrogen and oxygen atoms in total. The van der Waals surface area contributed by atoms with Gasteiger partial charge in [0.15, 0.2) is 0 Å². The molecule has 5 rings (SSSR count). The maximum absolute atomic E-state index is 14.1. The predicted octanol–water partition coefficient (Wildman–Crippen LogP) is 3.85. The maximum Gasteiger partial charge on any atom is 0.272 e. The molecule has 1 saturated heterocycles. The van der Waals surface area contributed by atoms with Crippen LogP contribution in [0.25, 0.3) is 11.0 Å². The Hall–Kier alpha value is -4.00. The Kier molecular flexibility index (Phi) is 5.84. The largest absolute Gasteiger partial charge is 0.366 e. The molecule has 2 heterocycles. The van der Waals surface area contributed by atoms with Crippen LogP contribution < -0.4 is 10.5 Å². The standard InChI is InChI=1S/C27H25FN4O2/c1-19-26(33)32(18-20-7-3-2-4-8-20)25-12-11-21(17-23(25)29-19)27(34)31-15-13-30(14-16-31)24-10-6-5-9-22(24)28/h2-12,17H,13-16,18H2,1H3. The number of carbonyl (C=O) groups is 1. The molecular weight excluding hydrogens is 431 g/mol. The van der Waals surface area contributed by atoms with Gasteiger partial charge in [0.25, 0.3) is 11.5 Å². The second kappa shape index (κ2) is 9.09. The molecule has 1 aromatic heterocycles. The number of fused-ring (bicyclic) bond motifs is 1. The van der Waals surface area contributed by atoms with Crippen LogP contribution in [0.1, 0.15) is 21.6 Å². The monoisotopic (exact) mass is 456 g/mol. The Balaban J connectivity index is 1.38. The lowest BCUT2D eigenvalue weighted by Crippen LogP contribution is -2.49. The number of halogens is 1. The van der Waals surface area contributed by atoms with Crippen molar-refractivity contribution in [1.29, 1.82) is 0 Å². The molecular formula is C27H25FN4O2. The lowest BCUT2D eigenvalue weighted by Gasteiger charge is -2.36. The molecule has 1 amide bonds. The van der Waals surface area contributed by atoms with Crippen molar-refractivity contribution in [3.8, 4) is 0 Å². The van der Waals surface area contributed by atoms with E-state index in [2.05, 4.69) is 4.98 Å². The number of carbonyl (C=O) groups excluding carboxylic acids is 1. The molecule has 0 spiro atoms. The van der Waals surface area contributed by atoms with E-state index in [4.69, 9.17) is 0 Å². The Bertz CT molecular complexity index is 1410. The molecule has 1 aliphatic heterocycles. The molecule has 34 heavy (non-hydrogen) atoms. The quantitative estimate of drug-likeness (QED) is 0.468. The molecule has 0 bridgehead atoms. The number of amides is 1. The molecule has 4 aromatic rings. The maximum atomic E-state index is 14.1. The van der Waals surface area contributed by atoms with Crippen LogP contribution in [0, 0.1) is 12.7 Å². The van der Waals surface area contributed by atoms with E-state index >= 15 is 0 Å². The van der Waals surface area contributed by atoms with E-state index in [1.165, 1.54) is 6.07 Å². The summed E-state index contributed by atoms with van der Waals surface area (Å²) in [6.07, 6.45) is 0. The van der Waals surface area contributed by atoms with Crippen LogP contribution in [-0.4, -0.2) is 46.5 Å². The van der Waals surface area contributed by atoms with Gasteiger partial charge in [0.2, 0.25) is 0 Å². The number of aromatic nitrogens is 2. The van der Waals surface area contributed by atoms with E-state index in [9.17, 15) is 14.0 Å². The zero-order valence-electron chi connectivity index (χ0n) is 18.9. The van der Waals surface area contributed by atoms with E-state index in [1.54, 1.807) is 46.7 Å². The first-order valence-electron chi connectivity index (χ1n) is 11.3. The minimum atomic E-state index is -0.250. The zero-order chi connectivity index (χ0) is 23.7. The molecule has 1 fully saturated rings. The van der Waals surface area contributed by atoms with E-state index < -0.39 is 0 Å². The summed E-state index contributed by atoms with van der Waals surface area (Å²) in [6.45, 7) is 4.27. The van der Waals surface area contributed by atoms with Crippen LogP contribution in [0.2, 0.25) is 0 Å². The number of benzene rings is 3. The van der Waals surface area contributed by atoms with Crippen LogP contribution in [0.4, 0.5) is 10.1 Å². The summed E-state index contributed by atoms with van der Waals surface area (Å²) in [5.74, 6) is -0.338. The van der Waals surface area contributed by atoms with Gasteiger partial charge in [-0.05, 0) is 42.8 Å². The molecule has 0 saturated carbocycles. The summed E-state index contributed by atoms with van der Waals surface area (Å²) in [5.41, 5.74) is 3.68. The summed E-state index contributed by atoms with van der Waals surface area (Å²) in [5, 5.41) is 0. The average molecular weight is 457 g/mol. The number of hydrogen-bond acceptors (Lipinski definition) is 4.